The number of amides is 2. The molecular weight excluding hydrogens is 356 g/mol. The lowest BCUT2D eigenvalue weighted by Crippen LogP contribution is -2.44. The van der Waals surface area contributed by atoms with E-state index < -0.39 is 0 Å². The topological polar surface area (TPSA) is 68.8 Å². The summed E-state index contributed by atoms with van der Waals surface area (Å²) in [7, 11) is 3.15. The molecule has 1 atom stereocenters. The lowest BCUT2D eigenvalue weighted by molar-refractivity contribution is 0.222. The van der Waals surface area contributed by atoms with Gasteiger partial charge < -0.3 is 24.8 Å². The fourth-order valence-corrected chi connectivity index (χ4v) is 3.02. The first kappa shape index (κ1) is 18.2. The van der Waals surface area contributed by atoms with Gasteiger partial charge in [0.25, 0.3) is 0 Å². The van der Waals surface area contributed by atoms with Crippen LogP contribution in [0.4, 0.5) is 10.5 Å². The summed E-state index contributed by atoms with van der Waals surface area (Å²) in [6.45, 7) is 2.27. The van der Waals surface area contributed by atoms with E-state index >= 15 is 0 Å². The van der Waals surface area contributed by atoms with Crippen molar-refractivity contribution in [2.45, 2.75) is 19.4 Å². The van der Waals surface area contributed by atoms with Crippen molar-refractivity contribution in [3.05, 3.63) is 46.5 Å². The molecule has 0 aliphatic carbocycles. The molecule has 0 spiro atoms. The number of hydrogen-bond donors (Lipinski definition) is 2. The highest BCUT2D eigenvalue weighted by Gasteiger charge is 2.22. The molecular formula is C19H21ClN2O4. The average Bonchev–Trinajstić information content (AvgIpc) is 2.63. The molecule has 0 unspecified atom stereocenters. The summed E-state index contributed by atoms with van der Waals surface area (Å²) in [6.07, 6.45) is 0.663. The first-order chi connectivity index (χ1) is 12.5. The maximum atomic E-state index is 12.4. The fourth-order valence-electron chi connectivity index (χ4n) is 2.86. The third-order valence-corrected chi connectivity index (χ3v) is 4.65. The molecule has 1 aliphatic heterocycles. The number of rotatable bonds is 4. The zero-order valence-corrected chi connectivity index (χ0v) is 15.6. The molecule has 1 aliphatic rings. The smallest absolute Gasteiger partial charge is 0.319 e. The van der Waals surface area contributed by atoms with E-state index in [1.165, 1.54) is 7.11 Å². The Morgan fingerprint density at radius 1 is 1.23 bits per heavy atom. The van der Waals surface area contributed by atoms with Crippen LogP contribution in [0.2, 0.25) is 5.02 Å². The number of methoxy groups -OCH3 is 2. The summed E-state index contributed by atoms with van der Waals surface area (Å²) in [4.78, 5) is 12.4. The van der Waals surface area contributed by atoms with Crippen LogP contribution in [0.5, 0.6) is 17.2 Å². The van der Waals surface area contributed by atoms with Gasteiger partial charge in [-0.05, 0) is 48.7 Å². The van der Waals surface area contributed by atoms with Gasteiger partial charge in [0.2, 0.25) is 0 Å². The minimum absolute atomic E-state index is 0.144. The molecule has 0 radical (unpaired) electrons. The standard InChI is InChI=1S/C19H21ClN2O4/c1-11-6-16(18(25-3)9-15(11)20)22-19(23)21-13-7-12-8-14(24-2)4-5-17(12)26-10-13/h4-6,8-9,13H,7,10H2,1-3H3,(H2,21,22,23)/t13-/m1/s1. The van der Waals surface area contributed by atoms with E-state index in [1.807, 2.05) is 25.1 Å². The average molecular weight is 377 g/mol. The number of fused-ring (bicyclic) bond motifs is 1. The summed E-state index contributed by atoms with van der Waals surface area (Å²) < 4.78 is 16.2. The van der Waals surface area contributed by atoms with Gasteiger partial charge in [-0.25, -0.2) is 4.79 Å². The number of halogens is 1. The van der Waals surface area contributed by atoms with E-state index in [9.17, 15) is 4.79 Å². The molecule has 2 aromatic carbocycles. The monoisotopic (exact) mass is 376 g/mol. The van der Waals surface area contributed by atoms with Crippen molar-refractivity contribution in [3.63, 3.8) is 0 Å². The van der Waals surface area contributed by atoms with Gasteiger partial charge in [0.15, 0.2) is 0 Å². The lowest BCUT2D eigenvalue weighted by Gasteiger charge is -2.26. The van der Waals surface area contributed by atoms with Gasteiger partial charge in [-0.3, -0.25) is 0 Å². The molecule has 0 saturated heterocycles. The van der Waals surface area contributed by atoms with Crippen LogP contribution in [0, 0.1) is 6.92 Å². The molecule has 138 valence electrons. The summed E-state index contributed by atoms with van der Waals surface area (Å²) >= 11 is 6.09. The summed E-state index contributed by atoms with van der Waals surface area (Å²) in [5, 5.41) is 6.32. The number of benzene rings is 2. The van der Waals surface area contributed by atoms with E-state index in [1.54, 1.807) is 19.2 Å². The molecule has 26 heavy (non-hydrogen) atoms. The predicted octanol–water partition coefficient (Wildman–Crippen LogP) is 3.79. The fraction of sp³-hybridized carbons (Fsp3) is 0.316. The van der Waals surface area contributed by atoms with Crippen molar-refractivity contribution >= 4 is 23.3 Å². The third-order valence-electron chi connectivity index (χ3n) is 4.24. The molecule has 2 N–H and O–H groups in total. The van der Waals surface area contributed by atoms with E-state index in [2.05, 4.69) is 10.6 Å². The van der Waals surface area contributed by atoms with Crippen LogP contribution in [0.25, 0.3) is 0 Å². The molecule has 0 bridgehead atoms. The Morgan fingerprint density at radius 2 is 2.04 bits per heavy atom. The lowest BCUT2D eigenvalue weighted by atomic mass is 10.0. The zero-order chi connectivity index (χ0) is 18.7. The van der Waals surface area contributed by atoms with Crippen LogP contribution in [-0.2, 0) is 6.42 Å². The highest BCUT2D eigenvalue weighted by Crippen LogP contribution is 2.31. The summed E-state index contributed by atoms with van der Waals surface area (Å²) in [6, 6.07) is 8.64. The third kappa shape index (κ3) is 3.96. The van der Waals surface area contributed by atoms with Crippen molar-refractivity contribution in [2.75, 3.05) is 26.1 Å². The maximum Gasteiger partial charge on any atom is 0.319 e. The predicted molar refractivity (Wildman–Crippen MR) is 101 cm³/mol. The Bertz CT molecular complexity index is 825. The van der Waals surface area contributed by atoms with Gasteiger partial charge in [-0.1, -0.05) is 11.6 Å². The van der Waals surface area contributed by atoms with Gasteiger partial charge in [0, 0.05) is 11.1 Å². The number of urea groups is 1. The number of ether oxygens (including phenoxy) is 3. The molecule has 6 nitrogen and oxygen atoms in total. The van der Waals surface area contributed by atoms with E-state index in [0.717, 1.165) is 22.6 Å². The normalized spacial score (nSPS) is 15.5. The van der Waals surface area contributed by atoms with Crippen LogP contribution in [0.15, 0.2) is 30.3 Å². The van der Waals surface area contributed by atoms with Crippen molar-refractivity contribution in [1.82, 2.24) is 5.32 Å². The van der Waals surface area contributed by atoms with Gasteiger partial charge in [0.1, 0.15) is 23.9 Å². The van der Waals surface area contributed by atoms with Crippen molar-refractivity contribution < 1.29 is 19.0 Å². The van der Waals surface area contributed by atoms with Crippen LogP contribution >= 0.6 is 11.6 Å². The second kappa shape index (κ2) is 7.74. The minimum Gasteiger partial charge on any atom is -0.497 e. The first-order valence-corrected chi connectivity index (χ1v) is 8.59. The number of carbonyl (C=O) groups is 1. The second-order valence-corrected chi connectivity index (χ2v) is 6.49. The zero-order valence-electron chi connectivity index (χ0n) is 14.9. The first-order valence-electron chi connectivity index (χ1n) is 8.21. The Labute approximate surface area is 157 Å². The van der Waals surface area contributed by atoms with Crippen LogP contribution in [0.1, 0.15) is 11.1 Å². The quantitative estimate of drug-likeness (QED) is 0.851. The molecule has 3 rings (SSSR count). The van der Waals surface area contributed by atoms with Crippen LogP contribution < -0.4 is 24.8 Å². The Morgan fingerprint density at radius 3 is 2.77 bits per heavy atom. The SMILES string of the molecule is COc1ccc2c(c1)C[C@@H](NC(=O)Nc1cc(C)c(Cl)cc1OC)CO2. The van der Waals surface area contributed by atoms with Gasteiger partial charge in [-0.2, -0.15) is 0 Å². The highest BCUT2D eigenvalue weighted by atomic mass is 35.5. The molecule has 0 fully saturated rings. The Hall–Kier alpha value is -2.60. The number of carbonyl (C=O) groups excluding carboxylic acids is 1. The summed E-state index contributed by atoms with van der Waals surface area (Å²) in [5.74, 6) is 2.09. The molecule has 0 saturated carbocycles. The number of aryl methyl sites for hydroxylation is 1. The molecule has 0 aromatic heterocycles. The van der Waals surface area contributed by atoms with Gasteiger partial charge >= 0.3 is 6.03 Å². The summed E-state index contributed by atoms with van der Waals surface area (Å²) in [5.41, 5.74) is 2.41. The highest BCUT2D eigenvalue weighted by molar-refractivity contribution is 6.31. The number of nitrogens with one attached hydrogen (secondary N) is 2. The van der Waals surface area contributed by atoms with Crippen molar-refractivity contribution in [1.29, 1.82) is 0 Å². The Kier molecular flexibility index (Phi) is 5.42. The number of anilines is 1. The second-order valence-electron chi connectivity index (χ2n) is 6.09. The minimum atomic E-state index is -0.329. The molecule has 2 amide bonds. The maximum absolute atomic E-state index is 12.4. The molecule has 2 aromatic rings. The van der Waals surface area contributed by atoms with Crippen LogP contribution in [-0.4, -0.2) is 32.9 Å². The van der Waals surface area contributed by atoms with E-state index in [0.29, 0.717) is 29.5 Å². The van der Waals surface area contributed by atoms with Crippen LogP contribution in [0.3, 0.4) is 0 Å². The number of hydrogen-bond acceptors (Lipinski definition) is 4. The Balaban J connectivity index is 1.66. The largest absolute Gasteiger partial charge is 0.497 e. The van der Waals surface area contributed by atoms with Crippen molar-refractivity contribution in [3.8, 4) is 17.2 Å². The molecule has 7 heteroatoms. The van der Waals surface area contributed by atoms with E-state index in [4.69, 9.17) is 25.8 Å². The van der Waals surface area contributed by atoms with Gasteiger partial charge in [-0.15, -0.1) is 0 Å². The van der Waals surface area contributed by atoms with E-state index in [-0.39, 0.29) is 12.1 Å². The van der Waals surface area contributed by atoms with Crippen molar-refractivity contribution in [2.24, 2.45) is 0 Å². The van der Waals surface area contributed by atoms with Gasteiger partial charge in [0.05, 0.1) is 25.9 Å². The molecule has 1 heterocycles.